The van der Waals surface area contributed by atoms with Crippen molar-refractivity contribution in [2.45, 2.75) is 70.1 Å². The lowest BCUT2D eigenvalue weighted by molar-refractivity contribution is -0.140. The number of rotatable bonds is 6. The first-order valence-electron chi connectivity index (χ1n) is 10.8. The average molecular weight is 481 g/mol. The van der Waals surface area contributed by atoms with Crippen molar-refractivity contribution in [1.82, 2.24) is 14.6 Å². The van der Waals surface area contributed by atoms with E-state index in [0.717, 1.165) is 17.7 Å². The second-order valence-corrected chi connectivity index (χ2v) is 15.0. The van der Waals surface area contributed by atoms with E-state index < -0.39 is 31.4 Å². The second kappa shape index (κ2) is 7.80. The molecule has 0 spiro atoms. The number of halogens is 4. The Kier molecular flexibility index (Phi) is 5.60. The maximum atomic E-state index is 14.2. The summed E-state index contributed by atoms with van der Waals surface area (Å²) in [5, 5.41) is 7.73. The van der Waals surface area contributed by atoms with Gasteiger partial charge in [-0.15, -0.1) is 0 Å². The quantitative estimate of drug-likeness (QED) is 0.323. The molecule has 0 bridgehead atoms. The van der Waals surface area contributed by atoms with E-state index in [4.69, 9.17) is 4.43 Å². The van der Waals surface area contributed by atoms with Crippen LogP contribution >= 0.6 is 0 Å². The zero-order chi connectivity index (χ0) is 24.2. The molecule has 4 rings (SSSR count). The molecule has 0 aliphatic heterocycles. The predicted octanol–water partition coefficient (Wildman–Crippen LogP) is 6.51. The van der Waals surface area contributed by atoms with Crippen LogP contribution in [0.3, 0.4) is 0 Å². The average Bonchev–Trinajstić information content (AvgIpc) is 3.31. The van der Waals surface area contributed by atoms with Crippen LogP contribution in [0.15, 0.2) is 36.7 Å². The summed E-state index contributed by atoms with van der Waals surface area (Å²) in [5.41, 5.74) is 0.109. The number of nitrogens with one attached hydrogen (secondary N) is 1. The fourth-order valence-corrected chi connectivity index (χ4v) is 4.49. The van der Waals surface area contributed by atoms with Gasteiger partial charge < -0.3 is 9.74 Å². The van der Waals surface area contributed by atoms with E-state index in [-0.39, 0.29) is 5.04 Å². The summed E-state index contributed by atoms with van der Waals surface area (Å²) in [6.45, 7) is 11.3. The molecule has 2 aromatic heterocycles. The minimum absolute atomic E-state index is 0.0672. The Labute approximate surface area is 191 Å². The second-order valence-electron chi connectivity index (χ2n) is 10.2. The van der Waals surface area contributed by atoms with E-state index in [2.05, 4.69) is 49.3 Å². The van der Waals surface area contributed by atoms with Crippen molar-refractivity contribution in [3.8, 4) is 0 Å². The predicted molar refractivity (Wildman–Crippen MR) is 121 cm³/mol. The molecule has 1 aromatic carbocycles. The van der Waals surface area contributed by atoms with Crippen molar-refractivity contribution >= 4 is 19.8 Å². The molecule has 0 radical (unpaired) electrons. The summed E-state index contributed by atoms with van der Waals surface area (Å²) >= 11 is 0. The number of nitrogens with zero attached hydrogens (tertiary/aromatic N) is 3. The van der Waals surface area contributed by atoms with E-state index in [1.165, 1.54) is 12.4 Å². The van der Waals surface area contributed by atoms with Gasteiger partial charge >= 0.3 is 6.18 Å². The number of anilines is 1. The largest absolute Gasteiger partial charge is 0.419 e. The van der Waals surface area contributed by atoms with Crippen molar-refractivity contribution in [3.05, 3.63) is 59.2 Å². The number of hydrogen-bond acceptors (Lipinski definition) is 4. The first-order chi connectivity index (χ1) is 15.2. The first-order valence-corrected chi connectivity index (χ1v) is 13.7. The number of hydrogen-bond donors (Lipinski definition) is 1. The van der Waals surface area contributed by atoms with Gasteiger partial charge in [-0.2, -0.15) is 22.8 Å². The van der Waals surface area contributed by atoms with Gasteiger partial charge in [0, 0.05) is 0 Å². The first kappa shape index (κ1) is 23.7. The van der Waals surface area contributed by atoms with Gasteiger partial charge in [-0.05, 0) is 66.4 Å². The van der Waals surface area contributed by atoms with Gasteiger partial charge in [-0.25, -0.2) is 9.37 Å². The Morgan fingerprint density at radius 2 is 1.82 bits per heavy atom. The smallest absolute Gasteiger partial charge is 0.413 e. The van der Waals surface area contributed by atoms with E-state index in [9.17, 15) is 17.6 Å². The third-order valence-corrected chi connectivity index (χ3v) is 11.3. The van der Waals surface area contributed by atoms with Crippen molar-refractivity contribution in [2.24, 2.45) is 0 Å². The maximum Gasteiger partial charge on any atom is 0.419 e. The molecule has 1 fully saturated rings. The maximum absolute atomic E-state index is 14.2. The summed E-state index contributed by atoms with van der Waals surface area (Å²) < 4.78 is 61.1. The zero-order valence-electron chi connectivity index (χ0n) is 19.3. The normalized spacial score (nSPS) is 16.3. The van der Waals surface area contributed by atoms with Gasteiger partial charge in [-0.1, -0.05) is 26.8 Å². The summed E-state index contributed by atoms with van der Waals surface area (Å²) in [6, 6.07) is 6.94. The van der Waals surface area contributed by atoms with Gasteiger partial charge in [0.25, 0.3) is 0 Å². The molecule has 3 aromatic rings. The van der Waals surface area contributed by atoms with Crippen molar-refractivity contribution in [1.29, 1.82) is 0 Å². The Balaban J connectivity index is 1.62. The molecule has 178 valence electrons. The SMILES string of the molecule is CC(C)(C)[Si](C)(C)OCc1cc(NC2(c3ccc(C(F)(F)F)c(F)c3)CC2)n2ncnc2c1. The van der Waals surface area contributed by atoms with Gasteiger partial charge in [0.15, 0.2) is 14.0 Å². The number of fused-ring (bicyclic) bond motifs is 1. The molecular weight excluding hydrogens is 452 g/mol. The number of alkyl halides is 3. The molecule has 5 nitrogen and oxygen atoms in total. The Hall–Kier alpha value is -2.46. The molecule has 1 N–H and O–H groups in total. The number of pyridine rings is 1. The molecule has 1 saturated carbocycles. The zero-order valence-corrected chi connectivity index (χ0v) is 20.3. The fourth-order valence-electron chi connectivity index (χ4n) is 3.53. The monoisotopic (exact) mass is 480 g/mol. The lowest BCUT2D eigenvalue weighted by atomic mass is 10.0. The fraction of sp³-hybridized carbons (Fsp3) is 0.478. The van der Waals surface area contributed by atoms with Gasteiger partial charge in [0.2, 0.25) is 0 Å². The summed E-state index contributed by atoms with van der Waals surface area (Å²) in [6.07, 6.45) is -1.95. The minimum Gasteiger partial charge on any atom is -0.413 e. The van der Waals surface area contributed by atoms with Crippen LogP contribution in [0, 0.1) is 5.82 Å². The number of aromatic nitrogens is 3. The van der Waals surface area contributed by atoms with Crippen LogP contribution in [0.25, 0.3) is 5.65 Å². The molecule has 10 heteroatoms. The van der Waals surface area contributed by atoms with Crippen LogP contribution < -0.4 is 5.32 Å². The summed E-state index contributed by atoms with van der Waals surface area (Å²) in [5.74, 6) is -0.632. The van der Waals surface area contributed by atoms with Crippen LogP contribution in [0.1, 0.15) is 50.3 Å². The van der Waals surface area contributed by atoms with E-state index in [1.54, 1.807) is 4.52 Å². The van der Waals surface area contributed by atoms with Crippen LogP contribution in [0.2, 0.25) is 18.1 Å². The van der Waals surface area contributed by atoms with Crippen LogP contribution in [0.5, 0.6) is 0 Å². The minimum atomic E-state index is -4.72. The third kappa shape index (κ3) is 4.63. The van der Waals surface area contributed by atoms with Gasteiger partial charge in [0.05, 0.1) is 17.7 Å². The molecule has 0 amide bonds. The van der Waals surface area contributed by atoms with Crippen molar-refractivity contribution in [2.75, 3.05) is 5.32 Å². The molecule has 0 saturated heterocycles. The molecule has 2 heterocycles. The van der Waals surface area contributed by atoms with Gasteiger partial charge in [-0.3, -0.25) is 0 Å². The lowest BCUT2D eigenvalue weighted by Gasteiger charge is -2.36. The molecule has 1 aliphatic rings. The highest BCUT2D eigenvalue weighted by Crippen LogP contribution is 2.49. The Morgan fingerprint density at radius 3 is 2.39 bits per heavy atom. The third-order valence-electron chi connectivity index (χ3n) is 6.79. The van der Waals surface area contributed by atoms with E-state index in [0.29, 0.717) is 36.5 Å². The summed E-state index contributed by atoms with van der Waals surface area (Å²) in [4.78, 5) is 4.29. The van der Waals surface area contributed by atoms with Crippen LogP contribution in [-0.2, 0) is 22.7 Å². The summed E-state index contributed by atoms with van der Waals surface area (Å²) in [7, 11) is -1.97. The topological polar surface area (TPSA) is 51.5 Å². The standard InChI is InChI=1S/C23H28F4N4OSi/c1-21(2,3)33(4,5)32-13-15-10-19-28-14-29-31(19)20(11-15)30-22(8-9-22)16-6-7-17(18(24)12-16)23(25,26)27/h6-7,10-12,14,30H,8-9,13H2,1-5H3. The molecular formula is C23H28F4N4OSi. The number of benzene rings is 1. The van der Waals surface area contributed by atoms with Crippen LogP contribution in [0.4, 0.5) is 23.4 Å². The van der Waals surface area contributed by atoms with Gasteiger partial charge in [0.1, 0.15) is 18.0 Å². The molecule has 0 unspecified atom stereocenters. The van der Waals surface area contributed by atoms with E-state index in [1.807, 2.05) is 12.1 Å². The highest BCUT2D eigenvalue weighted by atomic mass is 28.4. The highest BCUT2D eigenvalue weighted by molar-refractivity contribution is 6.74. The lowest BCUT2D eigenvalue weighted by Crippen LogP contribution is -2.40. The molecule has 1 aliphatic carbocycles. The van der Waals surface area contributed by atoms with Crippen LogP contribution in [-0.4, -0.2) is 22.9 Å². The molecule has 0 atom stereocenters. The Morgan fingerprint density at radius 1 is 1.12 bits per heavy atom. The van der Waals surface area contributed by atoms with Crippen molar-refractivity contribution in [3.63, 3.8) is 0 Å². The van der Waals surface area contributed by atoms with Crippen molar-refractivity contribution < 1.29 is 22.0 Å². The Bertz CT molecular complexity index is 1180. The highest BCUT2D eigenvalue weighted by Gasteiger charge is 2.46. The van der Waals surface area contributed by atoms with E-state index >= 15 is 0 Å². The molecule has 33 heavy (non-hydrogen) atoms.